The molecule has 0 aliphatic rings. The first-order valence-corrected chi connectivity index (χ1v) is 13.0. The van der Waals surface area contributed by atoms with Crippen molar-refractivity contribution in [3.8, 4) is 0 Å². The second-order valence-electron chi connectivity index (χ2n) is 8.64. The number of sulfonamides is 1. The second kappa shape index (κ2) is 11.6. The van der Waals surface area contributed by atoms with Crippen LogP contribution in [0.2, 0.25) is 0 Å². The summed E-state index contributed by atoms with van der Waals surface area (Å²) in [4.78, 5) is 12.8. The van der Waals surface area contributed by atoms with Crippen molar-refractivity contribution in [1.82, 2.24) is 5.32 Å². The molecule has 5 nitrogen and oxygen atoms in total. The van der Waals surface area contributed by atoms with Gasteiger partial charge < -0.3 is 5.32 Å². The van der Waals surface area contributed by atoms with Crippen LogP contribution in [0.15, 0.2) is 83.8 Å². The third-order valence-electron chi connectivity index (χ3n) is 5.89. The molecule has 0 aliphatic carbocycles. The van der Waals surface area contributed by atoms with E-state index < -0.39 is 34.2 Å². The Morgan fingerprint density at radius 2 is 1.64 bits per heavy atom. The molecule has 1 amide bonds. The van der Waals surface area contributed by atoms with Crippen LogP contribution in [0.25, 0.3) is 0 Å². The lowest BCUT2D eigenvalue weighted by Gasteiger charge is -2.25. The Kier molecular flexibility index (Phi) is 8.79. The first kappa shape index (κ1) is 27.3. The lowest BCUT2D eigenvalue weighted by atomic mass is 9.97. The van der Waals surface area contributed by atoms with E-state index in [-0.39, 0.29) is 16.5 Å². The molecule has 1 atom stereocenters. The maximum Gasteiger partial charge on any atom is 0.416 e. The molecule has 1 N–H and O–H groups in total. The SMILES string of the molecule is CCC(CNC(=O)CN(c1cccc(C(F)(F)F)c1)S(=O)(=O)c1ccc(C)cc1)Cc1ccccc1. The number of nitrogens with one attached hydrogen (secondary N) is 1. The number of hydrogen-bond acceptors (Lipinski definition) is 3. The highest BCUT2D eigenvalue weighted by Crippen LogP contribution is 2.33. The molecule has 0 spiro atoms. The summed E-state index contributed by atoms with van der Waals surface area (Å²) >= 11 is 0. The molecule has 0 heterocycles. The molecular weight excluding hydrogens is 489 g/mol. The number of hydrogen-bond donors (Lipinski definition) is 1. The van der Waals surface area contributed by atoms with Gasteiger partial charge in [0.15, 0.2) is 0 Å². The number of rotatable bonds is 10. The van der Waals surface area contributed by atoms with Crippen molar-refractivity contribution in [3.63, 3.8) is 0 Å². The van der Waals surface area contributed by atoms with Gasteiger partial charge in [0, 0.05) is 6.54 Å². The summed E-state index contributed by atoms with van der Waals surface area (Å²) in [5.74, 6) is -0.485. The summed E-state index contributed by atoms with van der Waals surface area (Å²) in [7, 11) is -4.32. The molecule has 3 aromatic rings. The van der Waals surface area contributed by atoms with Crippen LogP contribution in [0, 0.1) is 12.8 Å². The molecule has 1 unspecified atom stereocenters. The van der Waals surface area contributed by atoms with Gasteiger partial charge in [-0.15, -0.1) is 0 Å². The maximum absolute atomic E-state index is 13.4. The van der Waals surface area contributed by atoms with Crippen molar-refractivity contribution >= 4 is 21.6 Å². The number of halogens is 3. The molecule has 3 aromatic carbocycles. The lowest BCUT2D eigenvalue weighted by Crippen LogP contribution is -2.42. The zero-order valence-electron chi connectivity index (χ0n) is 20.1. The van der Waals surface area contributed by atoms with E-state index in [1.54, 1.807) is 19.1 Å². The summed E-state index contributed by atoms with van der Waals surface area (Å²) in [6.45, 7) is 3.44. The minimum atomic E-state index is -4.66. The van der Waals surface area contributed by atoms with Gasteiger partial charge in [0.05, 0.1) is 16.1 Å². The Labute approximate surface area is 210 Å². The molecule has 36 heavy (non-hydrogen) atoms. The number of benzene rings is 3. The normalized spacial score (nSPS) is 12.7. The fourth-order valence-corrected chi connectivity index (χ4v) is 5.16. The van der Waals surface area contributed by atoms with Gasteiger partial charge >= 0.3 is 6.18 Å². The van der Waals surface area contributed by atoms with Crippen LogP contribution >= 0.6 is 0 Å². The number of nitrogens with zero attached hydrogens (tertiary/aromatic N) is 1. The summed E-state index contributed by atoms with van der Waals surface area (Å²) < 4.78 is 67.6. The van der Waals surface area contributed by atoms with Crippen LogP contribution in [0.5, 0.6) is 0 Å². The number of amides is 1. The van der Waals surface area contributed by atoms with Gasteiger partial charge in [0.1, 0.15) is 6.54 Å². The van der Waals surface area contributed by atoms with Crippen molar-refractivity contribution in [2.45, 2.75) is 37.8 Å². The summed E-state index contributed by atoms with van der Waals surface area (Å²) in [6, 6.07) is 19.7. The van der Waals surface area contributed by atoms with Crippen LogP contribution in [0.1, 0.15) is 30.0 Å². The van der Waals surface area contributed by atoms with E-state index in [1.807, 2.05) is 37.3 Å². The predicted octanol–water partition coefficient (Wildman–Crippen LogP) is 5.59. The minimum absolute atomic E-state index is 0.117. The van der Waals surface area contributed by atoms with E-state index in [4.69, 9.17) is 0 Å². The van der Waals surface area contributed by atoms with E-state index >= 15 is 0 Å². The zero-order valence-corrected chi connectivity index (χ0v) is 20.9. The van der Waals surface area contributed by atoms with Crippen molar-refractivity contribution in [2.75, 3.05) is 17.4 Å². The van der Waals surface area contributed by atoms with Crippen molar-refractivity contribution < 1.29 is 26.4 Å². The van der Waals surface area contributed by atoms with Gasteiger partial charge in [-0.25, -0.2) is 8.42 Å². The van der Waals surface area contributed by atoms with Gasteiger partial charge in [0.25, 0.3) is 10.0 Å². The lowest BCUT2D eigenvalue weighted by molar-refractivity contribution is -0.137. The third kappa shape index (κ3) is 7.10. The average molecular weight is 519 g/mol. The molecule has 0 radical (unpaired) electrons. The van der Waals surface area contributed by atoms with E-state index in [1.165, 1.54) is 18.2 Å². The van der Waals surface area contributed by atoms with Gasteiger partial charge in [-0.05, 0) is 55.2 Å². The Bertz CT molecular complexity index is 1260. The number of carbonyl (C=O) groups excluding carboxylic acids is 1. The highest BCUT2D eigenvalue weighted by molar-refractivity contribution is 7.92. The van der Waals surface area contributed by atoms with E-state index in [2.05, 4.69) is 5.32 Å². The predicted molar refractivity (Wildman–Crippen MR) is 134 cm³/mol. The van der Waals surface area contributed by atoms with E-state index in [0.29, 0.717) is 6.54 Å². The smallest absolute Gasteiger partial charge is 0.354 e. The van der Waals surface area contributed by atoms with Crippen LogP contribution in [0.3, 0.4) is 0 Å². The quantitative estimate of drug-likeness (QED) is 0.380. The van der Waals surface area contributed by atoms with E-state index in [9.17, 15) is 26.4 Å². The zero-order chi connectivity index (χ0) is 26.3. The number of aryl methyl sites for hydroxylation is 1. The van der Waals surface area contributed by atoms with Gasteiger partial charge in [-0.3, -0.25) is 9.10 Å². The van der Waals surface area contributed by atoms with Crippen LogP contribution in [0.4, 0.5) is 18.9 Å². The van der Waals surface area contributed by atoms with Crippen molar-refractivity contribution in [3.05, 3.63) is 95.6 Å². The standard InChI is InChI=1S/C27H29F3N2O3S/c1-3-21(16-22-8-5-4-6-9-22)18-31-26(33)19-32(24-11-7-10-23(17-24)27(28,29)30)36(34,35)25-14-12-20(2)13-15-25/h4-15,17,21H,3,16,18-19H2,1-2H3,(H,31,33). The maximum atomic E-state index is 13.4. The van der Waals surface area contributed by atoms with Gasteiger partial charge in [-0.2, -0.15) is 13.2 Å². The Morgan fingerprint density at radius 1 is 0.972 bits per heavy atom. The third-order valence-corrected chi connectivity index (χ3v) is 7.68. The first-order chi connectivity index (χ1) is 17.0. The second-order valence-corrected chi connectivity index (χ2v) is 10.5. The highest BCUT2D eigenvalue weighted by atomic mass is 32.2. The number of anilines is 1. The monoisotopic (exact) mass is 518 g/mol. The number of alkyl halides is 3. The molecule has 192 valence electrons. The average Bonchev–Trinajstić information content (AvgIpc) is 2.85. The molecule has 0 bridgehead atoms. The van der Waals surface area contributed by atoms with Crippen molar-refractivity contribution in [2.24, 2.45) is 5.92 Å². The molecule has 0 saturated heterocycles. The summed E-state index contributed by atoms with van der Waals surface area (Å²) in [5.41, 5.74) is 0.697. The molecule has 0 aromatic heterocycles. The fraction of sp³-hybridized carbons (Fsp3) is 0.296. The molecule has 3 rings (SSSR count). The summed E-state index contributed by atoms with van der Waals surface area (Å²) in [6.07, 6.45) is -3.14. The molecular formula is C27H29F3N2O3S. The van der Waals surface area contributed by atoms with Crippen LogP contribution in [-0.4, -0.2) is 27.4 Å². The molecule has 0 fully saturated rings. The van der Waals surface area contributed by atoms with Crippen LogP contribution in [-0.2, 0) is 27.4 Å². The Balaban J connectivity index is 1.84. The molecule has 9 heteroatoms. The van der Waals surface area contributed by atoms with Crippen LogP contribution < -0.4 is 9.62 Å². The largest absolute Gasteiger partial charge is 0.416 e. The van der Waals surface area contributed by atoms with E-state index in [0.717, 1.165) is 46.5 Å². The fourth-order valence-electron chi connectivity index (χ4n) is 3.74. The first-order valence-electron chi connectivity index (χ1n) is 11.6. The highest BCUT2D eigenvalue weighted by Gasteiger charge is 2.33. The molecule has 0 saturated carbocycles. The van der Waals surface area contributed by atoms with Crippen molar-refractivity contribution in [1.29, 1.82) is 0 Å². The molecule has 0 aliphatic heterocycles. The Morgan fingerprint density at radius 3 is 2.25 bits per heavy atom. The Hall–Kier alpha value is -3.33. The minimum Gasteiger partial charge on any atom is -0.354 e. The topological polar surface area (TPSA) is 66.5 Å². The van der Waals surface area contributed by atoms with Gasteiger partial charge in [0.2, 0.25) is 5.91 Å². The van der Waals surface area contributed by atoms with Gasteiger partial charge in [-0.1, -0.05) is 67.4 Å². The summed E-state index contributed by atoms with van der Waals surface area (Å²) in [5, 5.41) is 2.76. The number of carbonyl (C=O) groups is 1.